The smallest absolute Gasteiger partial charge is 0.274 e. The molecule has 2 aliphatic heterocycles. The summed E-state index contributed by atoms with van der Waals surface area (Å²) in [5, 5.41) is 1.90. The van der Waals surface area contributed by atoms with Gasteiger partial charge in [-0.1, -0.05) is 11.6 Å². The molecule has 1 fully saturated rings. The fourth-order valence-corrected chi connectivity index (χ4v) is 6.00. The summed E-state index contributed by atoms with van der Waals surface area (Å²) in [6.45, 7) is 2.65. The molecule has 1 aromatic carbocycles. The lowest BCUT2D eigenvalue weighted by molar-refractivity contribution is 0.102. The molecule has 2 aromatic rings. The Morgan fingerprint density at radius 2 is 2.06 bits per heavy atom. The van der Waals surface area contributed by atoms with E-state index in [1.165, 1.54) is 44.3 Å². The SMILES string of the molecule is CC1(C)C(N)=N[C@@]2(c3cc(NC(=O)c4ccc(Cl)cn4)ccc3F)COC[C@@H]2S1(=O)=O. The summed E-state index contributed by atoms with van der Waals surface area (Å²) in [7, 11) is -3.85. The fourth-order valence-electron chi connectivity index (χ4n) is 3.81. The second kappa shape index (κ2) is 7.25. The average molecular weight is 467 g/mol. The third-order valence-electron chi connectivity index (χ3n) is 5.80. The number of rotatable bonds is 3. The average Bonchev–Trinajstić information content (AvgIpc) is 3.14. The van der Waals surface area contributed by atoms with Gasteiger partial charge in [0.05, 0.1) is 18.2 Å². The van der Waals surface area contributed by atoms with Crippen LogP contribution in [0, 0.1) is 5.82 Å². The van der Waals surface area contributed by atoms with Crippen LogP contribution in [0.5, 0.6) is 0 Å². The molecular formula is C20H20ClFN4O4S. The van der Waals surface area contributed by atoms with Crippen LogP contribution in [-0.4, -0.2) is 48.4 Å². The molecule has 4 rings (SSSR count). The van der Waals surface area contributed by atoms with E-state index in [-0.39, 0.29) is 36.0 Å². The monoisotopic (exact) mass is 466 g/mol. The summed E-state index contributed by atoms with van der Waals surface area (Å²) in [5.74, 6) is -1.33. The van der Waals surface area contributed by atoms with Gasteiger partial charge in [0.25, 0.3) is 5.91 Å². The second-order valence-electron chi connectivity index (χ2n) is 7.99. The normalized spacial score (nSPS) is 26.1. The van der Waals surface area contributed by atoms with Gasteiger partial charge in [-0.05, 0) is 44.2 Å². The summed E-state index contributed by atoms with van der Waals surface area (Å²) in [4.78, 5) is 20.9. The molecule has 0 radical (unpaired) electrons. The summed E-state index contributed by atoms with van der Waals surface area (Å²) < 4.78 is 45.5. The van der Waals surface area contributed by atoms with Gasteiger partial charge in [-0.15, -0.1) is 0 Å². The van der Waals surface area contributed by atoms with Gasteiger partial charge in [-0.2, -0.15) is 0 Å². The first-order chi connectivity index (χ1) is 14.5. The van der Waals surface area contributed by atoms with E-state index in [1.54, 1.807) is 0 Å². The van der Waals surface area contributed by atoms with Crippen molar-refractivity contribution >= 4 is 38.9 Å². The molecule has 3 N–H and O–H groups in total. The minimum Gasteiger partial charge on any atom is -0.386 e. The highest BCUT2D eigenvalue weighted by Crippen LogP contribution is 2.47. The number of amidine groups is 1. The number of carbonyl (C=O) groups is 1. The predicted octanol–water partition coefficient (Wildman–Crippen LogP) is 2.28. The first-order valence-electron chi connectivity index (χ1n) is 9.39. The molecule has 164 valence electrons. The number of nitrogens with zero attached hydrogens (tertiary/aromatic N) is 2. The van der Waals surface area contributed by atoms with Gasteiger partial charge in [0.15, 0.2) is 9.84 Å². The predicted molar refractivity (Wildman–Crippen MR) is 115 cm³/mol. The maximum absolute atomic E-state index is 15.0. The van der Waals surface area contributed by atoms with Crippen LogP contribution in [0.15, 0.2) is 41.5 Å². The largest absolute Gasteiger partial charge is 0.386 e. The first-order valence-corrected chi connectivity index (χ1v) is 11.3. The van der Waals surface area contributed by atoms with Gasteiger partial charge in [-0.25, -0.2) is 17.8 Å². The zero-order chi connectivity index (χ0) is 22.6. The maximum atomic E-state index is 15.0. The molecule has 31 heavy (non-hydrogen) atoms. The number of hydrogen-bond acceptors (Lipinski definition) is 7. The van der Waals surface area contributed by atoms with E-state index in [0.717, 1.165) is 6.07 Å². The maximum Gasteiger partial charge on any atom is 0.274 e. The van der Waals surface area contributed by atoms with E-state index in [9.17, 15) is 17.6 Å². The summed E-state index contributed by atoms with van der Waals surface area (Å²) >= 11 is 5.79. The van der Waals surface area contributed by atoms with Gasteiger partial charge >= 0.3 is 0 Å². The summed E-state index contributed by atoms with van der Waals surface area (Å²) in [6.07, 6.45) is 1.33. The second-order valence-corrected chi connectivity index (χ2v) is 11.1. The number of ether oxygens (including phenoxy) is 1. The van der Waals surface area contributed by atoms with Crippen LogP contribution >= 0.6 is 11.6 Å². The number of nitrogens with one attached hydrogen (secondary N) is 1. The molecule has 2 aliphatic rings. The molecule has 2 atom stereocenters. The first kappa shape index (κ1) is 21.7. The number of benzene rings is 1. The van der Waals surface area contributed by atoms with E-state index in [0.29, 0.717) is 5.02 Å². The van der Waals surface area contributed by atoms with Crippen molar-refractivity contribution in [2.75, 3.05) is 18.5 Å². The van der Waals surface area contributed by atoms with Gasteiger partial charge in [0.2, 0.25) is 0 Å². The van der Waals surface area contributed by atoms with E-state index in [4.69, 9.17) is 22.1 Å². The Morgan fingerprint density at radius 1 is 1.32 bits per heavy atom. The Morgan fingerprint density at radius 3 is 2.74 bits per heavy atom. The van der Waals surface area contributed by atoms with Gasteiger partial charge in [0.1, 0.15) is 32.9 Å². The van der Waals surface area contributed by atoms with Crippen molar-refractivity contribution in [3.63, 3.8) is 0 Å². The van der Waals surface area contributed by atoms with E-state index >= 15 is 0 Å². The quantitative estimate of drug-likeness (QED) is 0.715. The standard InChI is InChI=1S/C20H20ClFN4O4S/c1-19(2)18(23)26-20(10-30-9-16(20)31(19,28)29)13-7-12(4-5-14(13)22)25-17(27)15-6-3-11(21)8-24-15/h3-8,16H,9-10H2,1-2H3,(H2,23,26)(H,25,27)/t16-,20+/m0/s1. The minimum absolute atomic E-state index is 0.0149. The van der Waals surface area contributed by atoms with Crippen LogP contribution < -0.4 is 11.1 Å². The number of amides is 1. The van der Waals surface area contributed by atoms with E-state index in [2.05, 4.69) is 15.3 Å². The Hall–Kier alpha value is -2.56. The highest BCUT2D eigenvalue weighted by Gasteiger charge is 2.62. The molecule has 1 aromatic heterocycles. The number of fused-ring (bicyclic) bond motifs is 1. The Balaban J connectivity index is 1.77. The number of nitrogens with two attached hydrogens (primary N) is 1. The molecule has 0 aliphatic carbocycles. The van der Waals surface area contributed by atoms with Gasteiger partial charge in [-0.3, -0.25) is 9.79 Å². The van der Waals surface area contributed by atoms with Crippen molar-refractivity contribution in [2.45, 2.75) is 29.4 Å². The number of pyridine rings is 1. The van der Waals surface area contributed by atoms with Crippen LogP contribution in [0.2, 0.25) is 5.02 Å². The Bertz CT molecular complexity index is 1200. The highest BCUT2D eigenvalue weighted by molar-refractivity contribution is 7.94. The molecule has 11 heteroatoms. The minimum atomic E-state index is -3.85. The van der Waals surface area contributed by atoms with Crippen LogP contribution in [0.3, 0.4) is 0 Å². The van der Waals surface area contributed by atoms with Crippen molar-refractivity contribution < 1.29 is 22.3 Å². The van der Waals surface area contributed by atoms with Gasteiger partial charge < -0.3 is 15.8 Å². The van der Waals surface area contributed by atoms with Crippen molar-refractivity contribution in [1.82, 2.24) is 4.98 Å². The fraction of sp³-hybridized carbons (Fsp3) is 0.350. The molecule has 3 heterocycles. The zero-order valence-corrected chi connectivity index (χ0v) is 18.3. The molecule has 0 spiro atoms. The molecule has 1 amide bonds. The zero-order valence-electron chi connectivity index (χ0n) is 16.7. The van der Waals surface area contributed by atoms with Crippen LogP contribution in [-0.2, 0) is 20.1 Å². The van der Waals surface area contributed by atoms with Crippen LogP contribution in [0.1, 0.15) is 29.9 Å². The van der Waals surface area contributed by atoms with Crippen molar-refractivity contribution in [3.05, 3.63) is 58.6 Å². The molecule has 0 unspecified atom stereocenters. The number of hydrogen-bond donors (Lipinski definition) is 2. The van der Waals surface area contributed by atoms with E-state index in [1.807, 2.05) is 0 Å². The highest BCUT2D eigenvalue weighted by atomic mass is 35.5. The van der Waals surface area contributed by atoms with E-state index < -0.39 is 37.1 Å². The molecule has 0 bridgehead atoms. The third-order valence-corrected chi connectivity index (χ3v) is 8.93. The topological polar surface area (TPSA) is 124 Å². The molecule has 1 saturated heterocycles. The lowest BCUT2D eigenvalue weighted by Crippen LogP contribution is -2.60. The van der Waals surface area contributed by atoms with Crippen molar-refractivity contribution in [2.24, 2.45) is 10.7 Å². The van der Waals surface area contributed by atoms with Gasteiger partial charge in [0, 0.05) is 17.4 Å². The lowest BCUT2D eigenvalue weighted by Gasteiger charge is -2.41. The Labute approximate surface area is 183 Å². The number of carbonyl (C=O) groups excluding carboxylic acids is 1. The van der Waals surface area contributed by atoms with Crippen molar-refractivity contribution in [1.29, 1.82) is 0 Å². The number of aromatic nitrogens is 1. The van der Waals surface area contributed by atoms with Crippen LogP contribution in [0.4, 0.5) is 10.1 Å². The third kappa shape index (κ3) is 3.29. The number of sulfone groups is 1. The van der Waals surface area contributed by atoms with Crippen molar-refractivity contribution in [3.8, 4) is 0 Å². The molecular weight excluding hydrogens is 447 g/mol. The Kier molecular flexibility index (Phi) is 5.07. The number of anilines is 1. The molecule has 0 saturated carbocycles. The summed E-state index contributed by atoms with van der Waals surface area (Å²) in [6, 6.07) is 6.83. The number of aliphatic imine (C=N–C) groups is 1. The van der Waals surface area contributed by atoms with Crippen LogP contribution in [0.25, 0.3) is 0 Å². The number of halogens is 2. The lowest BCUT2D eigenvalue weighted by atomic mass is 9.87. The molecule has 8 nitrogen and oxygen atoms in total. The summed E-state index contributed by atoms with van der Waals surface area (Å²) in [5.41, 5.74) is 4.83.